The Hall–Kier alpha value is -3.54. The quantitative estimate of drug-likeness (QED) is 0.538. The molecule has 0 aliphatic heterocycles. The van der Waals surface area contributed by atoms with Crippen LogP contribution in [0.15, 0.2) is 73.1 Å². The fourth-order valence-electron chi connectivity index (χ4n) is 2.67. The fraction of sp³-hybridized carbons (Fsp3) is 0.0526. The van der Waals surface area contributed by atoms with Gasteiger partial charge in [-0.3, -0.25) is 0 Å². The maximum Gasteiger partial charge on any atom is 0.338 e. The third-order valence-corrected chi connectivity index (χ3v) is 3.96. The van der Waals surface area contributed by atoms with E-state index in [0.717, 1.165) is 22.0 Å². The first-order chi connectivity index (χ1) is 12.3. The van der Waals surface area contributed by atoms with Crippen LogP contribution < -0.4 is 0 Å². The normalized spacial score (nSPS) is 10.7. The van der Waals surface area contributed by atoms with Crippen molar-refractivity contribution in [2.45, 2.75) is 6.61 Å². The molecule has 0 aliphatic rings. The van der Waals surface area contributed by atoms with Crippen LogP contribution in [-0.4, -0.2) is 26.2 Å². The molecule has 0 saturated carbocycles. The van der Waals surface area contributed by atoms with Crippen molar-refractivity contribution in [2.75, 3.05) is 0 Å². The zero-order chi connectivity index (χ0) is 17.1. The summed E-state index contributed by atoms with van der Waals surface area (Å²) in [6.45, 7) is 0.231. The average Bonchev–Trinajstić information content (AvgIpc) is 3.21. The van der Waals surface area contributed by atoms with Crippen molar-refractivity contribution >= 4 is 16.7 Å². The Morgan fingerprint density at radius 3 is 2.56 bits per heavy atom. The molecule has 0 N–H and O–H groups in total. The van der Waals surface area contributed by atoms with Crippen LogP contribution in [0.1, 0.15) is 15.9 Å². The van der Waals surface area contributed by atoms with Crippen molar-refractivity contribution in [1.82, 2.24) is 20.2 Å². The third kappa shape index (κ3) is 3.10. The van der Waals surface area contributed by atoms with Gasteiger partial charge in [0.2, 0.25) is 0 Å². The summed E-state index contributed by atoms with van der Waals surface area (Å²) in [4.78, 5) is 12.3. The van der Waals surface area contributed by atoms with Crippen LogP contribution in [0, 0.1) is 0 Å². The van der Waals surface area contributed by atoms with E-state index in [1.807, 2.05) is 42.5 Å². The minimum atomic E-state index is -0.365. The van der Waals surface area contributed by atoms with Crippen LogP contribution in [0.25, 0.3) is 16.5 Å². The average molecular weight is 330 g/mol. The minimum Gasteiger partial charge on any atom is -0.457 e. The summed E-state index contributed by atoms with van der Waals surface area (Å²) >= 11 is 0. The van der Waals surface area contributed by atoms with E-state index in [9.17, 15) is 4.79 Å². The molecular weight excluding hydrogens is 316 g/mol. The smallest absolute Gasteiger partial charge is 0.338 e. The molecule has 0 bridgehead atoms. The van der Waals surface area contributed by atoms with Crippen LogP contribution in [-0.2, 0) is 11.3 Å². The highest BCUT2D eigenvalue weighted by molar-refractivity contribution is 5.90. The molecule has 0 spiro atoms. The van der Waals surface area contributed by atoms with E-state index in [1.165, 1.54) is 11.0 Å². The number of carbonyl (C=O) groups excluding carboxylic acids is 1. The van der Waals surface area contributed by atoms with Crippen molar-refractivity contribution in [1.29, 1.82) is 0 Å². The highest BCUT2D eigenvalue weighted by Crippen LogP contribution is 2.19. The number of hydrogen-bond acceptors (Lipinski definition) is 5. The van der Waals surface area contributed by atoms with Crippen LogP contribution in [0.3, 0.4) is 0 Å². The zero-order valence-electron chi connectivity index (χ0n) is 13.2. The summed E-state index contributed by atoms with van der Waals surface area (Å²) in [5.41, 5.74) is 2.24. The zero-order valence-corrected chi connectivity index (χ0v) is 13.2. The molecule has 0 amide bonds. The summed E-state index contributed by atoms with van der Waals surface area (Å²) in [7, 11) is 0. The topological polar surface area (TPSA) is 69.9 Å². The van der Waals surface area contributed by atoms with Gasteiger partial charge in [0.05, 0.1) is 11.3 Å². The third-order valence-electron chi connectivity index (χ3n) is 3.96. The number of carbonyl (C=O) groups is 1. The second kappa shape index (κ2) is 6.52. The van der Waals surface area contributed by atoms with Crippen LogP contribution >= 0.6 is 0 Å². The van der Waals surface area contributed by atoms with Crippen molar-refractivity contribution in [2.24, 2.45) is 0 Å². The lowest BCUT2D eigenvalue weighted by atomic mass is 10.1. The molecule has 0 radical (unpaired) electrons. The predicted molar refractivity (Wildman–Crippen MR) is 92.2 cm³/mol. The molecular formula is C19H14N4O2. The molecule has 0 unspecified atom stereocenters. The van der Waals surface area contributed by atoms with Gasteiger partial charge in [0.1, 0.15) is 12.9 Å². The number of fused-ring (bicyclic) bond motifs is 1. The first kappa shape index (κ1) is 15.0. The standard InChI is InChI=1S/C19H14N4O2/c24-19(15-8-10-17(11-9-15)23-13-20-21-22-23)25-12-16-6-3-5-14-4-1-2-7-18(14)16/h1-11,13H,12H2. The van der Waals surface area contributed by atoms with Gasteiger partial charge in [0.15, 0.2) is 0 Å². The molecule has 0 aliphatic carbocycles. The Morgan fingerprint density at radius 1 is 0.960 bits per heavy atom. The van der Waals surface area contributed by atoms with Crippen molar-refractivity contribution in [3.05, 3.63) is 84.2 Å². The Kier molecular flexibility index (Phi) is 3.92. The first-order valence-corrected chi connectivity index (χ1v) is 7.78. The van der Waals surface area contributed by atoms with Crippen molar-refractivity contribution in [3.63, 3.8) is 0 Å². The summed E-state index contributed by atoms with van der Waals surface area (Å²) in [6, 6.07) is 20.9. The van der Waals surface area contributed by atoms with Crippen LogP contribution in [0.4, 0.5) is 0 Å². The lowest BCUT2D eigenvalue weighted by Crippen LogP contribution is -2.06. The van der Waals surface area contributed by atoms with Gasteiger partial charge in [0, 0.05) is 0 Å². The molecule has 4 rings (SSSR count). The van der Waals surface area contributed by atoms with Gasteiger partial charge in [0.25, 0.3) is 0 Å². The molecule has 0 saturated heterocycles. The lowest BCUT2D eigenvalue weighted by Gasteiger charge is -2.08. The SMILES string of the molecule is O=C(OCc1cccc2ccccc12)c1ccc(-n2cnnn2)cc1. The Labute approximate surface area is 143 Å². The van der Waals surface area contributed by atoms with E-state index in [0.29, 0.717) is 5.56 Å². The van der Waals surface area contributed by atoms with E-state index >= 15 is 0 Å². The Balaban J connectivity index is 1.48. The number of rotatable bonds is 4. The summed E-state index contributed by atoms with van der Waals surface area (Å²) in [5.74, 6) is -0.365. The number of tetrazole rings is 1. The molecule has 1 heterocycles. The van der Waals surface area contributed by atoms with Crippen molar-refractivity contribution < 1.29 is 9.53 Å². The maximum absolute atomic E-state index is 12.3. The summed E-state index contributed by atoms with van der Waals surface area (Å²) < 4.78 is 6.99. The highest BCUT2D eigenvalue weighted by atomic mass is 16.5. The number of hydrogen-bond donors (Lipinski definition) is 0. The lowest BCUT2D eigenvalue weighted by molar-refractivity contribution is 0.0474. The molecule has 0 fully saturated rings. The maximum atomic E-state index is 12.3. The van der Waals surface area contributed by atoms with Gasteiger partial charge in [-0.05, 0) is 51.0 Å². The van der Waals surface area contributed by atoms with Gasteiger partial charge in [-0.2, -0.15) is 0 Å². The van der Waals surface area contributed by atoms with E-state index in [-0.39, 0.29) is 12.6 Å². The minimum absolute atomic E-state index is 0.231. The largest absolute Gasteiger partial charge is 0.457 e. The number of aromatic nitrogens is 4. The van der Waals surface area contributed by atoms with Gasteiger partial charge >= 0.3 is 5.97 Å². The molecule has 4 aromatic rings. The number of benzene rings is 3. The van der Waals surface area contributed by atoms with Crippen LogP contribution in [0.2, 0.25) is 0 Å². The molecule has 6 heteroatoms. The number of ether oxygens (including phenoxy) is 1. The first-order valence-electron chi connectivity index (χ1n) is 7.78. The highest BCUT2D eigenvalue weighted by Gasteiger charge is 2.09. The fourth-order valence-corrected chi connectivity index (χ4v) is 2.67. The molecule has 3 aromatic carbocycles. The van der Waals surface area contributed by atoms with Crippen LogP contribution in [0.5, 0.6) is 0 Å². The van der Waals surface area contributed by atoms with Gasteiger partial charge < -0.3 is 4.74 Å². The van der Waals surface area contributed by atoms with Gasteiger partial charge in [-0.1, -0.05) is 42.5 Å². The van der Waals surface area contributed by atoms with E-state index in [4.69, 9.17) is 4.74 Å². The number of nitrogens with zero attached hydrogens (tertiary/aromatic N) is 4. The predicted octanol–water partition coefficient (Wildman–Crippen LogP) is 3.17. The second-order valence-electron chi connectivity index (χ2n) is 5.52. The summed E-state index contributed by atoms with van der Waals surface area (Å²) in [6.07, 6.45) is 1.49. The monoisotopic (exact) mass is 330 g/mol. The van der Waals surface area contributed by atoms with E-state index in [2.05, 4.69) is 15.5 Å². The molecule has 1 aromatic heterocycles. The summed E-state index contributed by atoms with van der Waals surface area (Å²) in [5, 5.41) is 13.2. The van der Waals surface area contributed by atoms with Gasteiger partial charge in [-0.25, -0.2) is 9.48 Å². The Bertz CT molecular complexity index is 1010. The molecule has 0 atom stereocenters. The number of esters is 1. The Morgan fingerprint density at radius 2 is 1.76 bits per heavy atom. The second-order valence-corrected chi connectivity index (χ2v) is 5.52. The molecule has 122 valence electrons. The molecule has 25 heavy (non-hydrogen) atoms. The molecule has 6 nitrogen and oxygen atoms in total. The van der Waals surface area contributed by atoms with Gasteiger partial charge in [-0.15, -0.1) is 5.10 Å². The van der Waals surface area contributed by atoms with E-state index in [1.54, 1.807) is 24.3 Å². The van der Waals surface area contributed by atoms with Crippen molar-refractivity contribution in [3.8, 4) is 5.69 Å². The van der Waals surface area contributed by atoms with E-state index < -0.39 is 0 Å².